The van der Waals surface area contributed by atoms with Crippen molar-refractivity contribution in [2.24, 2.45) is 11.3 Å². The fourth-order valence-corrected chi connectivity index (χ4v) is 2.81. The molecule has 90 valence electrons. The maximum Gasteiger partial charge on any atom is 0.0602 e. The predicted molar refractivity (Wildman–Crippen MR) is 66.0 cm³/mol. The lowest BCUT2D eigenvalue weighted by Gasteiger charge is -2.39. The lowest BCUT2D eigenvalue weighted by atomic mass is 9.71. The zero-order valence-electron chi connectivity index (χ0n) is 11.4. The molecule has 0 aliphatic heterocycles. The van der Waals surface area contributed by atoms with Gasteiger partial charge in [-0.2, -0.15) is 0 Å². The van der Waals surface area contributed by atoms with Crippen LogP contribution in [0.1, 0.15) is 67.2 Å². The van der Waals surface area contributed by atoms with E-state index in [2.05, 4.69) is 41.5 Å². The van der Waals surface area contributed by atoms with E-state index in [9.17, 15) is 0 Å². The van der Waals surface area contributed by atoms with Crippen LogP contribution in [0.4, 0.5) is 0 Å². The van der Waals surface area contributed by atoms with Crippen molar-refractivity contribution in [3.8, 4) is 0 Å². The summed E-state index contributed by atoms with van der Waals surface area (Å²) < 4.78 is 6.07. The van der Waals surface area contributed by atoms with Crippen LogP contribution in [-0.4, -0.2) is 11.7 Å². The Bertz CT molecular complexity index is 200. The smallest absolute Gasteiger partial charge is 0.0602 e. The van der Waals surface area contributed by atoms with E-state index in [0.717, 1.165) is 5.92 Å². The molecule has 0 unspecified atom stereocenters. The molecular formula is C14H28O. The second-order valence-electron chi connectivity index (χ2n) is 6.96. The van der Waals surface area contributed by atoms with Crippen molar-refractivity contribution in [1.29, 1.82) is 0 Å². The van der Waals surface area contributed by atoms with E-state index in [1.165, 1.54) is 25.7 Å². The topological polar surface area (TPSA) is 9.23 Å². The van der Waals surface area contributed by atoms with Gasteiger partial charge >= 0.3 is 0 Å². The lowest BCUT2D eigenvalue weighted by molar-refractivity contribution is -0.0898. The quantitative estimate of drug-likeness (QED) is 0.659. The van der Waals surface area contributed by atoms with E-state index in [1.54, 1.807) is 0 Å². The van der Waals surface area contributed by atoms with Crippen molar-refractivity contribution in [1.82, 2.24) is 0 Å². The van der Waals surface area contributed by atoms with Gasteiger partial charge in [-0.1, -0.05) is 20.3 Å². The van der Waals surface area contributed by atoms with Crippen molar-refractivity contribution in [2.75, 3.05) is 0 Å². The summed E-state index contributed by atoms with van der Waals surface area (Å²) in [6.07, 6.45) is 5.83. The van der Waals surface area contributed by atoms with Crippen molar-refractivity contribution in [3.63, 3.8) is 0 Å². The molecule has 0 heterocycles. The first-order valence-corrected chi connectivity index (χ1v) is 6.37. The molecule has 0 aromatic heterocycles. The summed E-state index contributed by atoms with van der Waals surface area (Å²) in [5.74, 6) is 0.757. The molecule has 15 heavy (non-hydrogen) atoms. The highest BCUT2D eigenvalue weighted by atomic mass is 16.5. The van der Waals surface area contributed by atoms with Gasteiger partial charge in [0.05, 0.1) is 11.7 Å². The highest BCUT2D eigenvalue weighted by Gasteiger charge is 2.32. The van der Waals surface area contributed by atoms with Crippen LogP contribution < -0.4 is 0 Å². The standard InChI is InChI=1S/C14H28O/c1-11(15-13(2,3)4)12-8-7-9-14(5,6)10-12/h11-12H,7-10H2,1-6H3/t11-,12-/m1/s1. The van der Waals surface area contributed by atoms with Crippen LogP contribution in [0.2, 0.25) is 0 Å². The Kier molecular flexibility index (Phi) is 3.86. The molecule has 1 nitrogen and oxygen atoms in total. The summed E-state index contributed by atoms with van der Waals surface area (Å²) in [7, 11) is 0. The summed E-state index contributed by atoms with van der Waals surface area (Å²) in [6, 6.07) is 0. The number of hydrogen-bond acceptors (Lipinski definition) is 1. The predicted octanol–water partition coefficient (Wildman–Crippen LogP) is 4.41. The molecule has 1 heteroatoms. The Morgan fingerprint density at radius 3 is 2.33 bits per heavy atom. The van der Waals surface area contributed by atoms with Crippen LogP contribution in [0.25, 0.3) is 0 Å². The van der Waals surface area contributed by atoms with E-state index in [1.807, 2.05) is 0 Å². The van der Waals surface area contributed by atoms with Gasteiger partial charge in [0, 0.05) is 0 Å². The molecule has 0 radical (unpaired) electrons. The van der Waals surface area contributed by atoms with E-state index < -0.39 is 0 Å². The highest BCUT2D eigenvalue weighted by molar-refractivity contribution is 4.83. The van der Waals surface area contributed by atoms with Gasteiger partial charge in [0.1, 0.15) is 0 Å². The Morgan fingerprint density at radius 2 is 1.87 bits per heavy atom. The van der Waals surface area contributed by atoms with Gasteiger partial charge in [0.15, 0.2) is 0 Å². The Labute approximate surface area is 95.6 Å². The third-order valence-corrected chi connectivity index (χ3v) is 3.45. The molecule has 1 aliphatic rings. The van der Waals surface area contributed by atoms with Crippen LogP contribution >= 0.6 is 0 Å². The Hall–Kier alpha value is -0.0400. The largest absolute Gasteiger partial charge is 0.373 e. The first kappa shape index (κ1) is 13.0. The molecule has 0 aromatic carbocycles. The van der Waals surface area contributed by atoms with Crippen molar-refractivity contribution in [2.45, 2.75) is 78.9 Å². The maximum atomic E-state index is 6.07. The van der Waals surface area contributed by atoms with Crippen LogP contribution in [0, 0.1) is 11.3 Å². The number of ether oxygens (including phenoxy) is 1. The molecule has 0 amide bonds. The van der Waals surface area contributed by atoms with Crippen LogP contribution in [0.3, 0.4) is 0 Å². The van der Waals surface area contributed by atoms with E-state index >= 15 is 0 Å². The minimum Gasteiger partial charge on any atom is -0.373 e. The van der Waals surface area contributed by atoms with Crippen molar-refractivity contribution < 1.29 is 4.74 Å². The summed E-state index contributed by atoms with van der Waals surface area (Å²) >= 11 is 0. The van der Waals surface area contributed by atoms with Gasteiger partial charge in [0.2, 0.25) is 0 Å². The molecular weight excluding hydrogens is 184 g/mol. The van der Waals surface area contributed by atoms with Gasteiger partial charge in [-0.25, -0.2) is 0 Å². The zero-order chi connectivity index (χ0) is 11.7. The van der Waals surface area contributed by atoms with Gasteiger partial charge in [-0.3, -0.25) is 0 Å². The lowest BCUT2D eigenvalue weighted by Crippen LogP contribution is -2.35. The minimum atomic E-state index is 0.000999. The van der Waals surface area contributed by atoms with E-state index in [-0.39, 0.29) is 5.60 Å². The van der Waals surface area contributed by atoms with Crippen LogP contribution in [-0.2, 0) is 4.74 Å². The fourth-order valence-electron chi connectivity index (χ4n) is 2.81. The second-order valence-corrected chi connectivity index (χ2v) is 6.96. The zero-order valence-corrected chi connectivity index (χ0v) is 11.4. The van der Waals surface area contributed by atoms with Crippen LogP contribution in [0.15, 0.2) is 0 Å². The SMILES string of the molecule is C[C@@H](OC(C)(C)C)[C@@H]1CCCC(C)(C)C1. The van der Waals surface area contributed by atoms with Gasteiger partial charge in [-0.05, 0) is 58.3 Å². The van der Waals surface area contributed by atoms with Crippen molar-refractivity contribution >= 4 is 0 Å². The van der Waals surface area contributed by atoms with Gasteiger partial charge < -0.3 is 4.74 Å². The second kappa shape index (κ2) is 4.45. The molecule has 1 rings (SSSR count). The Morgan fingerprint density at radius 1 is 1.27 bits per heavy atom. The Balaban J connectivity index is 2.49. The average Bonchev–Trinajstić information content (AvgIpc) is 1.99. The third kappa shape index (κ3) is 4.55. The fraction of sp³-hybridized carbons (Fsp3) is 1.00. The number of rotatable bonds is 2. The van der Waals surface area contributed by atoms with Crippen LogP contribution in [0.5, 0.6) is 0 Å². The molecule has 0 spiro atoms. The molecule has 0 bridgehead atoms. The molecule has 0 saturated heterocycles. The van der Waals surface area contributed by atoms with Gasteiger partial charge in [0.25, 0.3) is 0 Å². The number of hydrogen-bond donors (Lipinski definition) is 0. The van der Waals surface area contributed by atoms with E-state index in [0.29, 0.717) is 11.5 Å². The van der Waals surface area contributed by atoms with Crippen molar-refractivity contribution in [3.05, 3.63) is 0 Å². The molecule has 1 saturated carbocycles. The monoisotopic (exact) mass is 212 g/mol. The minimum absolute atomic E-state index is 0.000999. The summed E-state index contributed by atoms with van der Waals surface area (Å²) in [5.41, 5.74) is 0.527. The first-order chi connectivity index (χ1) is 6.70. The summed E-state index contributed by atoms with van der Waals surface area (Å²) in [6.45, 7) is 13.5. The van der Waals surface area contributed by atoms with Gasteiger partial charge in [-0.15, -0.1) is 0 Å². The summed E-state index contributed by atoms with van der Waals surface area (Å²) in [5, 5.41) is 0. The third-order valence-electron chi connectivity index (χ3n) is 3.45. The molecule has 0 N–H and O–H groups in total. The molecule has 2 atom stereocenters. The summed E-state index contributed by atoms with van der Waals surface area (Å²) in [4.78, 5) is 0. The molecule has 1 aliphatic carbocycles. The van der Waals surface area contributed by atoms with E-state index in [4.69, 9.17) is 4.74 Å². The average molecular weight is 212 g/mol. The molecule has 1 fully saturated rings. The maximum absolute atomic E-state index is 6.07. The highest BCUT2D eigenvalue weighted by Crippen LogP contribution is 2.40. The normalized spacial score (nSPS) is 28.8. The first-order valence-electron chi connectivity index (χ1n) is 6.37. The molecule has 0 aromatic rings.